The number of hydrogen-bond donors (Lipinski definition) is 0. The number of carbonyl (C=O) groups excluding carboxylic acids is 1. The normalized spacial score (nSPS) is 13.0. The molecule has 2 aromatic rings. The Morgan fingerprint density at radius 3 is 2.48 bits per heavy atom. The van der Waals surface area contributed by atoms with E-state index in [1.165, 1.54) is 31.2 Å². The first-order chi connectivity index (χ1) is 9.79. The Kier molecular flexibility index (Phi) is 4.58. The van der Waals surface area contributed by atoms with E-state index in [1.54, 1.807) is 6.07 Å². The van der Waals surface area contributed by atoms with Crippen molar-refractivity contribution in [1.82, 2.24) is 0 Å². The van der Waals surface area contributed by atoms with Gasteiger partial charge in [0.25, 0.3) is 0 Å². The van der Waals surface area contributed by atoms with E-state index in [-0.39, 0.29) is 5.75 Å². The van der Waals surface area contributed by atoms with Gasteiger partial charge < -0.3 is 4.74 Å². The Morgan fingerprint density at radius 1 is 1.24 bits per heavy atom. The van der Waals surface area contributed by atoms with Crippen molar-refractivity contribution in [2.24, 2.45) is 0 Å². The van der Waals surface area contributed by atoms with Crippen LogP contribution in [0.5, 0.6) is 5.75 Å². The molecule has 0 aliphatic heterocycles. The molecule has 1 aromatic carbocycles. The molecule has 1 aromatic heterocycles. The van der Waals surface area contributed by atoms with Gasteiger partial charge in [0, 0.05) is 0 Å². The Bertz CT molecular complexity index is 652. The highest BCUT2D eigenvalue weighted by atomic mass is 35.5. The minimum atomic E-state index is -4.54. The zero-order chi connectivity index (χ0) is 15.6. The van der Waals surface area contributed by atoms with Crippen molar-refractivity contribution >= 4 is 28.7 Å². The number of para-hydroxylation sites is 1. The molecular weight excluding hydrogens is 325 g/mol. The van der Waals surface area contributed by atoms with Crippen molar-refractivity contribution < 1.29 is 22.7 Å². The Hall–Kier alpha value is -1.53. The third kappa shape index (κ3) is 3.77. The van der Waals surface area contributed by atoms with Crippen molar-refractivity contribution in [2.75, 3.05) is 0 Å². The Balaban J connectivity index is 2.20. The molecule has 2 rings (SSSR count). The lowest BCUT2D eigenvalue weighted by Crippen LogP contribution is -2.24. The summed E-state index contributed by atoms with van der Waals surface area (Å²) in [7, 11) is 0. The van der Waals surface area contributed by atoms with Gasteiger partial charge in [0.15, 0.2) is 6.10 Å². The molecule has 0 aliphatic rings. The largest absolute Gasteiger partial charge is 0.482 e. The van der Waals surface area contributed by atoms with Crippen molar-refractivity contribution in [3.63, 3.8) is 0 Å². The number of hydrogen-bond acceptors (Lipinski definition) is 3. The molecule has 0 fully saturated rings. The zero-order valence-corrected chi connectivity index (χ0v) is 12.4. The summed E-state index contributed by atoms with van der Waals surface area (Å²) >= 11 is 6.79. The lowest BCUT2D eigenvalue weighted by molar-refractivity contribution is -0.139. The summed E-state index contributed by atoms with van der Waals surface area (Å²) in [5.41, 5.74) is -0.908. The molecule has 0 saturated carbocycles. The summed E-state index contributed by atoms with van der Waals surface area (Å²) in [4.78, 5) is 12.4. The van der Waals surface area contributed by atoms with E-state index >= 15 is 0 Å². The smallest absolute Gasteiger partial charge is 0.419 e. The predicted octanol–water partition coefficient (Wildman–Crippen LogP) is 5.07. The lowest BCUT2D eigenvalue weighted by Gasteiger charge is -2.17. The van der Waals surface area contributed by atoms with E-state index in [9.17, 15) is 18.0 Å². The number of Topliss-reactive ketones (excluding diaryl/α,β-unsaturated/α-hetero) is 1. The quantitative estimate of drug-likeness (QED) is 0.730. The Morgan fingerprint density at radius 2 is 1.90 bits per heavy atom. The summed E-state index contributed by atoms with van der Waals surface area (Å²) in [5, 5.41) is 0. The molecule has 2 nitrogen and oxygen atoms in total. The van der Waals surface area contributed by atoms with Crippen LogP contribution in [-0.2, 0) is 6.18 Å². The first kappa shape index (κ1) is 15.9. The third-order valence-electron chi connectivity index (χ3n) is 2.68. The second-order valence-electron chi connectivity index (χ2n) is 4.22. The van der Waals surface area contributed by atoms with Gasteiger partial charge in [-0.25, -0.2) is 0 Å². The van der Waals surface area contributed by atoms with Crippen molar-refractivity contribution in [3.05, 3.63) is 51.2 Å². The van der Waals surface area contributed by atoms with Crippen LogP contribution in [0.3, 0.4) is 0 Å². The summed E-state index contributed by atoms with van der Waals surface area (Å²) in [5.74, 6) is -0.780. The zero-order valence-electron chi connectivity index (χ0n) is 10.8. The standard InChI is InChI=1S/C14H10ClF3O2S/c1-8(13(19)11-6-7-12(15)21-11)20-10-5-3-2-4-9(10)14(16,17)18/h2-8H,1H3. The number of ketones is 1. The fourth-order valence-electron chi connectivity index (χ4n) is 1.69. The van der Waals surface area contributed by atoms with E-state index < -0.39 is 23.6 Å². The molecule has 1 unspecified atom stereocenters. The minimum absolute atomic E-state index is 0.344. The fourth-order valence-corrected chi connectivity index (χ4v) is 2.76. The molecular formula is C14H10ClF3O2S. The maximum absolute atomic E-state index is 12.8. The van der Waals surface area contributed by atoms with Gasteiger partial charge in [0.2, 0.25) is 5.78 Å². The third-order valence-corrected chi connectivity index (χ3v) is 3.93. The molecule has 0 bridgehead atoms. The first-order valence-corrected chi connectivity index (χ1v) is 7.11. The van der Waals surface area contributed by atoms with E-state index in [4.69, 9.17) is 16.3 Å². The fraction of sp³-hybridized carbons (Fsp3) is 0.214. The highest BCUT2D eigenvalue weighted by Gasteiger charge is 2.35. The summed E-state index contributed by atoms with van der Waals surface area (Å²) in [6, 6.07) is 7.86. The number of alkyl halides is 3. The van der Waals surface area contributed by atoms with Gasteiger partial charge >= 0.3 is 6.18 Å². The van der Waals surface area contributed by atoms with Crippen LogP contribution >= 0.6 is 22.9 Å². The monoisotopic (exact) mass is 334 g/mol. The van der Waals surface area contributed by atoms with E-state index in [2.05, 4.69) is 0 Å². The first-order valence-electron chi connectivity index (χ1n) is 5.91. The highest BCUT2D eigenvalue weighted by Crippen LogP contribution is 2.36. The van der Waals surface area contributed by atoms with Gasteiger partial charge in [-0.15, -0.1) is 11.3 Å². The molecule has 112 valence electrons. The van der Waals surface area contributed by atoms with E-state index in [0.717, 1.165) is 17.4 Å². The molecule has 0 amide bonds. The van der Waals surface area contributed by atoms with Crippen LogP contribution in [0, 0.1) is 0 Å². The molecule has 0 aliphatic carbocycles. The van der Waals surface area contributed by atoms with Gasteiger partial charge in [-0.1, -0.05) is 23.7 Å². The van der Waals surface area contributed by atoms with Crippen LogP contribution in [0.25, 0.3) is 0 Å². The van der Waals surface area contributed by atoms with Crippen molar-refractivity contribution in [3.8, 4) is 5.75 Å². The molecule has 0 radical (unpaired) electrons. The molecule has 0 saturated heterocycles. The van der Waals surface area contributed by atoms with Crippen LogP contribution in [0.4, 0.5) is 13.2 Å². The SMILES string of the molecule is CC(Oc1ccccc1C(F)(F)F)C(=O)c1ccc(Cl)s1. The second-order valence-corrected chi connectivity index (χ2v) is 5.94. The minimum Gasteiger partial charge on any atom is -0.482 e. The number of ether oxygens (including phenoxy) is 1. The summed E-state index contributed by atoms with van der Waals surface area (Å²) in [6.45, 7) is 1.41. The lowest BCUT2D eigenvalue weighted by atomic mass is 10.1. The van der Waals surface area contributed by atoms with Gasteiger partial charge in [0.05, 0.1) is 14.8 Å². The molecule has 0 spiro atoms. The number of carbonyl (C=O) groups is 1. The molecule has 7 heteroatoms. The average molecular weight is 335 g/mol. The molecule has 1 heterocycles. The molecule has 21 heavy (non-hydrogen) atoms. The van der Waals surface area contributed by atoms with Crippen molar-refractivity contribution in [2.45, 2.75) is 19.2 Å². The van der Waals surface area contributed by atoms with Gasteiger partial charge in [-0.2, -0.15) is 13.2 Å². The van der Waals surface area contributed by atoms with Crippen molar-refractivity contribution in [1.29, 1.82) is 0 Å². The second kappa shape index (κ2) is 6.07. The summed E-state index contributed by atoms with van der Waals surface area (Å²) in [6.07, 6.45) is -5.57. The van der Waals surface area contributed by atoms with E-state index in [1.807, 2.05) is 0 Å². The van der Waals surface area contributed by atoms with Crippen LogP contribution in [0.2, 0.25) is 4.34 Å². The molecule has 1 atom stereocenters. The van der Waals surface area contributed by atoms with Crippen LogP contribution in [0.15, 0.2) is 36.4 Å². The number of benzene rings is 1. The maximum atomic E-state index is 12.8. The number of halogens is 4. The van der Waals surface area contributed by atoms with Gasteiger partial charge in [-0.3, -0.25) is 4.79 Å². The number of rotatable bonds is 4. The predicted molar refractivity (Wildman–Crippen MR) is 75.2 cm³/mol. The maximum Gasteiger partial charge on any atom is 0.419 e. The Labute approximate surface area is 128 Å². The van der Waals surface area contributed by atoms with Crippen LogP contribution < -0.4 is 4.74 Å². The van der Waals surface area contributed by atoms with Crippen LogP contribution in [0.1, 0.15) is 22.2 Å². The van der Waals surface area contributed by atoms with Gasteiger partial charge in [0.1, 0.15) is 5.75 Å². The molecule has 0 N–H and O–H groups in total. The van der Waals surface area contributed by atoms with Gasteiger partial charge in [-0.05, 0) is 31.2 Å². The average Bonchev–Trinajstić information content (AvgIpc) is 2.84. The topological polar surface area (TPSA) is 26.3 Å². The van der Waals surface area contributed by atoms with E-state index in [0.29, 0.717) is 9.21 Å². The number of thiophene rings is 1. The summed E-state index contributed by atoms with van der Waals surface area (Å²) < 4.78 is 44.2. The van der Waals surface area contributed by atoms with Crippen LogP contribution in [-0.4, -0.2) is 11.9 Å². The highest BCUT2D eigenvalue weighted by molar-refractivity contribution is 7.18.